The first-order valence-electron chi connectivity index (χ1n) is 8.09. The molecule has 1 aliphatic carbocycles. The number of urea groups is 1. The Kier molecular flexibility index (Phi) is 3.09. The lowest BCUT2D eigenvalue weighted by molar-refractivity contribution is -0.141. The number of benzene rings is 1. The lowest BCUT2D eigenvalue weighted by Crippen LogP contribution is -2.62. The zero-order chi connectivity index (χ0) is 17.1. The predicted octanol–water partition coefficient (Wildman–Crippen LogP) is 1.49. The molecule has 1 atom stereocenters. The van der Waals surface area contributed by atoms with Gasteiger partial charge in [0, 0.05) is 19.7 Å². The molecule has 1 unspecified atom stereocenters. The van der Waals surface area contributed by atoms with E-state index in [9.17, 15) is 14.7 Å². The molecule has 0 radical (unpaired) electrons. The van der Waals surface area contributed by atoms with E-state index in [-0.39, 0.29) is 17.8 Å². The molecule has 1 saturated carbocycles. The van der Waals surface area contributed by atoms with E-state index >= 15 is 0 Å². The average Bonchev–Trinajstić information content (AvgIpc) is 2.97. The SMILES string of the molecule is COC1CCC2(CC1)Oc1ccc(O)cc1C21NC(=O)N(C)C1=O. The fourth-order valence-corrected chi connectivity index (χ4v) is 4.34. The van der Waals surface area contributed by atoms with E-state index in [0.29, 0.717) is 24.2 Å². The van der Waals surface area contributed by atoms with Gasteiger partial charge in [0.25, 0.3) is 5.91 Å². The van der Waals surface area contributed by atoms with Crippen LogP contribution in [0, 0.1) is 0 Å². The summed E-state index contributed by atoms with van der Waals surface area (Å²) in [6.45, 7) is 0. The first kappa shape index (κ1) is 15.3. The summed E-state index contributed by atoms with van der Waals surface area (Å²) < 4.78 is 11.7. The Morgan fingerprint density at radius 3 is 2.62 bits per heavy atom. The molecule has 2 spiro atoms. The van der Waals surface area contributed by atoms with Gasteiger partial charge in [-0.15, -0.1) is 0 Å². The Labute approximate surface area is 139 Å². The molecule has 2 fully saturated rings. The van der Waals surface area contributed by atoms with Gasteiger partial charge < -0.3 is 19.9 Å². The van der Waals surface area contributed by atoms with Crippen LogP contribution in [0.3, 0.4) is 0 Å². The second-order valence-electron chi connectivity index (χ2n) is 6.76. The van der Waals surface area contributed by atoms with E-state index in [2.05, 4.69) is 5.32 Å². The van der Waals surface area contributed by atoms with Gasteiger partial charge in [-0.1, -0.05) is 0 Å². The summed E-state index contributed by atoms with van der Waals surface area (Å²) >= 11 is 0. The number of carbonyl (C=O) groups excluding carboxylic acids is 2. The van der Waals surface area contributed by atoms with E-state index in [1.807, 2.05) is 0 Å². The molecule has 4 rings (SSSR count). The van der Waals surface area contributed by atoms with Crippen molar-refractivity contribution in [3.8, 4) is 11.5 Å². The van der Waals surface area contributed by atoms with Gasteiger partial charge in [0.05, 0.1) is 6.10 Å². The quantitative estimate of drug-likeness (QED) is 0.761. The van der Waals surface area contributed by atoms with Crippen molar-refractivity contribution in [1.82, 2.24) is 10.2 Å². The molecule has 0 bridgehead atoms. The summed E-state index contributed by atoms with van der Waals surface area (Å²) in [6.07, 6.45) is 2.77. The minimum atomic E-state index is -1.29. The van der Waals surface area contributed by atoms with Gasteiger partial charge >= 0.3 is 6.03 Å². The molecule has 24 heavy (non-hydrogen) atoms. The Balaban J connectivity index is 1.87. The number of ether oxygens (including phenoxy) is 2. The molecule has 1 saturated heterocycles. The summed E-state index contributed by atoms with van der Waals surface area (Å²) in [5.74, 6) is 0.233. The van der Waals surface area contributed by atoms with E-state index in [4.69, 9.17) is 9.47 Å². The Hall–Kier alpha value is -2.28. The van der Waals surface area contributed by atoms with Crippen LogP contribution in [0.15, 0.2) is 18.2 Å². The number of aromatic hydroxyl groups is 1. The van der Waals surface area contributed by atoms with Crippen LogP contribution in [0.5, 0.6) is 11.5 Å². The molecule has 3 aliphatic rings. The maximum atomic E-state index is 13.1. The largest absolute Gasteiger partial charge is 0.508 e. The maximum absolute atomic E-state index is 13.1. The van der Waals surface area contributed by atoms with Crippen molar-refractivity contribution in [2.24, 2.45) is 0 Å². The van der Waals surface area contributed by atoms with Crippen LogP contribution in [0.2, 0.25) is 0 Å². The number of fused-ring (bicyclic) bond motifs is 3. The fraction of sp³-hybridized carbons (Fsp3) is 0.529. The number of phenolic OH excluding ortho intramolecular Hbond substituents is 1. The van der Waals surface area contributed by atoms with E-state index in [1.54, 1.807) is 13.2 Å². The molecule has 2 aliphatic heterocycles. The highest BCUT2D eigenvalue weighted by atomic mass is 16.5. The van der Waals surface area contributed by atoms with Gasteiger partial charge in [0.2, 0.25) is 0 Å². The van der Waals surface area contributed by atoms with Crippen LogP contribution in [-0.4, -0.2) is 47.8 Å². The number of methoxy groups -OCH3 is 1. The van der Waals surface area contributed by atoms with E-state index in [1.165, 1.54) is 19.2 Å². The third kappa shape index (κ3) is 1.70. The van der Waals surface area contributed by atoms with E-state index < -0.39 is 17.2 Å². The second kappa shape index (κ2) is 4.86. The lowest BCUT2D eigenvalue weighted by Gasteiger charge is -2.44. The average molecular weight is 332 g/mol. The van der Waals surface area contributed by atoms with Crippen LogP contribution in [-0.2, 0) is 15.1 Å². The summed E-state index contributed by atoms with van der Waals surface area (Å²) in [5, 5.41) is 12.8. The molecule has 2 heterocycles. The molecule has 3 amide bonds. The number of carbonyl (C=O) groups is 2. The van der Waals surface area contributed by atoms with Crippen LogP contribution >= 0.6 is 0 Å². The number of amides is 3. The summed E-state index contributed by atoms with van der Waals surface area (Å²) in [5.41, 5.74) is -1.61. The molecular formula is C17H20N2O5. The minimum absolute atomic E-state index is 0.0379. The van der Waals surface area contributed by atoms with Gasteiger partial charge in [-0.25, -0.2) is 4.79 Å². The molecule has 7 nitrogen and oxygen atoms in total. The maximum Gasteiger partial charge on any atom is 0.325 e. The first-order chi connectivity index (χ1) is 11.4. The topological polar surface area (TPSA) is 88.1 Å². The zero-order valence-electron chi connectivity index (χ0n) is 13.7. The van der Waals surface area contributed by atoms with E-state index in [0.717, 1.165) is 17.7 Å². The fourth-order valence-electron chi connectivity index (χ4n) is 4.34. The van der Waals surface area contributed by atoms with Crippen LogP contribution in [0.1, 0.15) is 31.2 Å². The smallest absolute Gasteiger partial charge is 0.325 e. The van der Waals surface area contributed by atoms with Crippen molar-refractivity contribution >= 4 is 11.9 Å². The predicted molar refractivity (Wildman–Crippen MR) is 83.7 cm³/mol. The van der Waals surface area contributed by atoms with Crippen molar-refractivity contribution in [1.29, 1.82) is 0 Å². The molecule has 2 N–H and O–H groups in total. The van der Waals surface area contributed by atoms with Crippen LogP contribution < -0.4 is 10.1 Å². The monoisotopic (exact) mass is 332 g/mol. The molecule has 1 aromatic carbocycles. The number of nitrogens with one attached hydrogen (secondary N) is 1. The summed E-state index contributed by atoms with van der Waals surface area (Å²) in [7, 11) is 3.14. The number of rotatable bonds is 1. The minimum Gasteiger partial charge on any atom is -0.508 e. The van der Waals surface area contributed by atoms with Gasteiger partial charge in [-0.3, -0.25) is 9.69 Å². The van der Waals surface area contributed by atoms with Gasteiger partial charge in [-0.05, 0) is 43.9 Å². The molecule has 128 valence electrons. The van der Waals surface area contributed by atoms with Crippen molar-refractivity contribution < 1.29 is 24.2 Å². The Bertz CT molecular complexity index is 726. The van der Waals surface area contributed by atoms with Gasteiger partial charge in [-0.2, -0.15) is 0 Å². The van der Waals surface area contributed by atoms with Crippen molar-refractivity contribution in [3.05, 3.63) is 23.8 Å². The number of imide groups is 1. The number of likely N-dealkylation sites (N-methyl/N-ethyl adjacent to an activating group) is 1. The van der Waals surface area contributed by atoms with Crippen molar-refractivity contribution in [2.75, 3.05) is 14.2 Å². The number of nitrogens with zero attached hydrogens (tertiary/aromatic N) is 1. The lowest BCUT2D eigenvalue weighted by atomic mass is 9.68. The zero-order valence-corrected chi connectivity index (χ0v) is 13.7. The van der Waals surface area contributed by atoms with Crippen LogP contribution in [0.25, 0.3) is 0 Å². The first-order valence-corrected chi connectivity index (χ1v) is 8.09. The molecule has 1 aromatic rings. The van der Waals surface area contributed by atoms with Gasteiger partial charge in [0.1, 0.15) is 17.1 Å². The summed E-state index contributed by atoms with van der Waals surface area (Å²) in [6, 6.07) is 4.25. The van der Waals surface area contributed by atoms with Crippen LogP contribution in [0.4, 0.5) is 4.79 Å². The summed E-state index contributed by atoms with van der Waals surface area (Å²) in [4.78, 5) is 26.4. The highest BCUT2D eigenvalue weighted by molar-refractivity contribution is 6.09. The highest BCUT2D eigenvalue weighted by Gasteiger charge is 2.70. The van der Waals surface area contributed by atoms with Gasteiger partial charge in [0.15, 0.2) is 5.54 Å². The number of phenols is 1. The number of hydrogen-bond donors (Lipinski definition) is 2. The van der Waals surface area contributed by atoms with Crippen molar-refractivity contribution in [2.45, 2.75) is 42.9 Å². The molecule has 7 heteroatoms. The second-order valence-corrected chi connectivity index (χ2v) is 6.76. The molecular weight excluding hydrogens is 312 g/mol. The Morgan fingerprint density at radius 1 is 1.33 bits per heavy atom. The standard InChI is InChI=1S/C17H20N2O5/c1-19-14(21)17(18-15(19)22)12-9-10(20)3-4-13(12)24-16(17)7-5-11(23-2)6-8-16/h3-4,9,11,20H,5-8H2,1-2H3,(H,18,22). The normalized spacial score (nSPS) is 34.6. The molecule has 0 aromatic heterocycles. The van der Waals surface area contributed by atoms with Crippen molar-refractivity contribution in [3.63, 3.8) is 0 Å². The Morgan fingerprint density at radius 2 is 2.04 bits per heavy atom. The third-order valence-electron chi connectivity index (χ3n) is 5.65. The number of hydrogen-bond acceptors (Lipinski definition) is 5. The third-order valence-corrected chi connectivity index (χ3v) is 5.65. The highest BCUT2D eigenvalue weighted by Crippen LogP contribution is 2.56.